The van der Waals surface area contributed by atoms with Gasteiger partial charge < -0.3 is 10.0 Å². The molecule has 1 aliphatic heterocycles. The molecule has 1 fully saturated rings. The topological polar surface area (TPSA) is 57.6 Å². The van der Waals surface area contributed by atoms with Crippen LogP contribution in [0.2, 0.25) is 5.02 Å². The molecule has 1 amide bonds. The van der Waals surface area contributed by atoms with Crippen LogP contribution in [0.5, 0.6) is 0 Å². The van der Waals surface area contributed by atoms with E-state index in [4.69, 9.17) is 16.7 Å². The van der Waals surface area contributed by atoms with Gasteiger partial charge in [-0.15, -0.1) is 0 Å². The van der Waals surface area contributed by atoms with Crippen molar-refractivity contribution in [2.24, 2.45) is 5.92 Å². The first kappa shape index (κ1) is 11.9. The standard InChI is InChI=1S/C11H9ClFNO3/c12-8-4-7(1-2-9(8)13)14-5-6(11(16)17)3-10(14)15/h1-2,4,6H,3,5H2,(H,16,17)/t6-/m0/s1. The lowest BCUT2D eigenvalue weighted by Gasteiger charge is -2.16. The van der Waals surface area contributed by atoms with E-state index in [9.17, 15) is 14.0 Å². The molecule has 2 rings (SSSR count). The first-order chi connectivity index (χ1) is 7.99. The molecule has 1 N–H and O–H groups in total. The Balaban J connectivity index is 2.26. The van der Waals surface area contributed by atoms with E-state index < -0.39 is 17.7 Å². The minimum absolute atomic E-state index is 0.0374. The molecule has 0 spiro atoms. The van der Waals surface area contributed by atoms with Crippen LogP contribution in [0.1, 0.15) is 6.42 Å². The van der Waals surface area contributed by atoms with Crippen molar-refractivity contribution in [1.29, 1.82) is 0 Å². The SMILES string of the molecule is O=C(O)[C@H]1CC(=O)N(c2ccc(F)c(Cl)c2)C1. The zero-order valence-electron chi connectivity index (χ0n) is 8.69. The Bertz CT molecular complexity index is 492. The van der Waals surface area contributed by atoms with Gasteiger partial charge in [-0.1, -0.05) is 11.6 Å². The maximum atomic E-state index is 13.0. The molecule has 0 bridgehead atoms. The average molecular weight is 258 g/mol. The van der Waals surface area contributed by atoms with E-state index in [-0.39, 0.29) is 23.9 Å². The number of amides is 1. The van der Waals surface area contributed by atoms with Gasteiger partial charge in [0.05, 0.1) is 10.9 Å². The molecule has 17 heavy (non-hydrogen) atoms. The van der Waals surface area contributed by atoms with Crippen LogP contribution in [-0.4, -0.2) is 23.5 Å². The Hall–Kier alpha value is -1.62. The highest BCUT2D eigenvalue weighted by molar-refractivity contribution is 6.31. The molecule has 1 heterocycles. The molecule has 1 atom stereocenters. The molecule has 0 radical (unpaired) electrons. The van der Waals surface area contributed by atoms with Crippen LogP contribution in [-0.2, 0) is 9.59 Å². The van der Waals surface area contributed by atoms with Gasteiger partial charge in [0, 0.05) is 18.7 Å². The van der Waals surface area contributed by atoms with Gasteiger partial charge in [-0.25, -0.2) is 4.39 Å². The van der Waals surface area contributed by atoms with Gasteiger partial charge in [0.25, 0.3) is 0 Å². The Morgan fingerprint density at radius 1 is 1.53 bits per heavy atom. The van der Waals surface area contributed by atoms with Crippen LogP contribution in [0.3, 0.4) is 0 Å². The number of rotatable bonds is 2. The summed E-state index contributed by atoms with van der Waals surface area (Å²) in [5.41, 5.74) is 0.421. The van der Waals surface area contributed by atoms with Crippen LogP contribution >= 0.6 is 11.6 Å². The zero-order chi connectivity index (χ0) is 12.6. The summed E-state index contributed by atoms with van der Waals surface area (Å²) < 4.78 is 13.0. The van der Waals surface area contributed by atoms with E-state index in [0.717, 1.165) is 6.07 Å². The average Bonchev–Trinajstić information content (AvgIpc) is 2.65. The van der Waals surface area contributed by atoms with Gasteiger partial charge in [-0.3, -0.25) is 9.59 Å². The molecule has 4 nitrogen and oxygen atoms in total. The number of hydrogen-bond acceptors (Lipinski definition) is 2. The monoisotopic (exact) mass is 257 g/mol. The second kappa shape index (κ2) is 4.33. The second-order valence-electron chi connectivity index (χ2n) is 3.84. The van der Waals surface area contributed by atoms with Gasteiger partial charge in [0.1, 0.15) is 5.82 Å². The van der Waals surface area contributed by atoms with Crippen molar-refractivity contribution in [2.75, 3.05) is 11.4 Å². The molecular weight excluding hydrogens is 249 g/mol. The van der Waals surface area contributed by atoms with Crippen molar-refractivity contribution >= 4 is 29.2 Å². The minimum atomic E-state index is -1.01. The lowest BCUT2D eigenvalue weighted by molar-refractivity contribution is -0.141. The van der Waals surface area contributed by atoms with E-state index in [2.05, 4.69) is 0 Å². The Morgan fingerprint density at radius 3 is 2.76 bits per heavy atom. The van der Waals surface area contributed by atoms with E-state index in [1.54, 1.807) is 0 Å². The maximum absolute atomic E-state index is 13.0. The third-order valence-corrected chi connectivity index (χ3v) is 2.98. The summed E-state index contributed by atoms with van der Waals surface area (Å²) in [5, 5.41) is 8.74. The molecule has 0 aliphatic carbocycles. The number of hydrogen-bond donors (Lipinski definition) is 1. The smallest absolute Gasteiger partial charge is 0.308 e. The van der Waals surface area contributed by atoms with Crippen LogP contribution in [0.15, 0.2) is 18.2 Å². The largest absolute Gasteiger partial charge is 0.481 e. The summed E-state index contributed by atoms with van der Waals surface area (Å²) in [5.74, 6) is -2.59. The lowest BCUT2D eigenvalue weighted by Crippen LogP contribution is -2.25. The summed E-state index contributed by atoms with van der Waals surface area (Å²) in [6, 6.07) is 3.88. The van der Waals surface area contributed by atoms with Gasteiger partial charge in [0.15, 0.2) is 0 Å². The Labute approximate surface area is 102 Å². The highest BCUT2D eigenvalue weighted by Gasteiger charge is 2.35. The zero-order valence-corrected chi connectivity index (χ0v) is 9.45. The minimum Gasteiger partial charge on any atom is -0.481 e. The molecule has 0 saturated carbocycles. The Kier molecular flexibility index (Phi) is 3.02. The molecule has 90 valence electrons. The number of benzene rings is 1. The fourth-order valence-corrected chi connectivity index (χ4v) is 1.95. The molecular formula is C11H9ClFNO3. The number of aliphatic carboxylic acids is 1. The van der Waals surface area contributed by atoms with Crippen molar-refractivity contribution < 1.29 is 19.1 Å². The van der Waals surface area contributed by atoms with Gasteiger partial charge in [-0.2, -0.15) is 0 Å². The molecule has 1 aliphatic rings. The molecule has 6 heteroatoms. The predicted molar refractivity (Wildman–Crippen MR) is 59.5 cm³/mol. The summed E-state index contributed by atoms with van der Waals surface area (Å²) in [4.78, 5) is 23.7. The van der Waals surface area contributed by atoms with Gasteiger partial charge in [-0.05, 0) is 18.2 Å². The van der Waals surface area contributed by atoms with E-state index in [1.165, 1.54) is 17.0 Å². The Morgan fingerprint density at radius 2 is 2.24 bits per heavy atom. The van der Waals surface area contributed by atoms with Crippen LogP contribution in [0, 0.1) is 11.7 Å². The quantitative estimate of drug-likeness (QED) is 0.881. The van der Waals surface area contributed by atoms with Gasteiger partial charge in [0.2, 0.25) is 5.91 Å². The highest BCUT2D eigenvalue weighted by Crippen LogP contribution is 2.28. The summed E-state index contributed by atoms with van der Waals surface area (Å²) >= 11 is 5.61. The molecule has 1 saturated heterocycles. The van der Waals surface area contributed by atoms with E-state index >= 15 is 0 Å². The summed E-state index contributed by atoms with van der Waals surface area (Å²) in [6.07, 6.45) is -0.0374. The summed E-state index contributed by atoms with van der Waals surface area (Å²) in [7, 11) is 0. The van der Waals surface area contributed by atoms with Crippen molar-refractivity contribution in [3.8, 4) is 0 Å². The van der Waals surface area contributed by atoms with Crippen LogP contribution in [0.25, 0.3) is 0 Å². The lowest BCUT2D eigenvalue weighted by atomic mass is 10.1. The summed E-state index contributed by atoms with van der Waals surface area (Å²) in [6.45, 7) is 0.0934. The first-order valence-electron chi connectivity index (χ1n) is 4.97. The fraction of sp³-hybridized carbons (Fsp3) is 0.273. The van der Waals surface area contributed by atoms with Crippen molar-refractivity contribution in [3.05, 3.63) is 29.0 Å². The second-order valence-corrected chi connectivity index (χ2v) is 4.25. The number of carboxylic acid groups (broad SMARTS) is 1. The van der Waals surface area contributed by atoms with Crippen molar-refractivity contribution in [2.45, 2.75) is 6.42 Å². The number of anilines is 1. The molecule has 1 aromatic rings. The number of carboxylic acids is 1. The van der Waals surface area contributed by atoms with E-state index in [1.807, 2.05) is 0 Å². The van der Waals surface area contributed by atoms with Crippen molar-refractivity contribution in [1.82, 2.24) is 0 Å². The number of carbonyl (C=O) groups excluding carboxylic acids is 1. The maximum Gasteiger partial charge on any atom is 0.308 e. The fourth-order valence-electron chi connectivity index (χ4n) is 1.78. The first-order valence-corrected chi connectivity index (χ1v) is 5.35. The highest BCUT2D eigenvalue weighted by atomic mass is 35.5. The van der Waals surface area contributed by atoms with Crippen LogP contribution in [0.4, 0.5) is 10.1 Å². The number of carbonyl (C=O) groups is 2. The van der Waals surface area contributed by atoms with Gasteiger partial charge >= 0.3 is 5.97 Å². The van der Waals surface area contributed by atoms with E-state index in [0.29, 0.717) is 5.69 Å². The third-order valence-electron chi connectivity index (χ3n) is 2.69. The third kappa shape index (κ3) is 2.24. The normalized spacial score (nSPS) is 19.8. The molecule has 0 unspecified atom stereocenters. The van der Waals surface area contributed by atoms with Crippen molar-refractivity contribution in [3.63, 3.8) is 0 Å². The predicted octanol–water partition coefficient (Wildman–Crippen LogP) is 1.92. The number of halogens is 2. The van der Waals surface area contributed by atoms with Crippen LogP contribution < -0.4 is 4.90 Å². The molecule has 1 aromatic carbocycles. The molecule has 0 aromatic heterocycles. The number of nitrogens with zero attached hydrogens (tertiary/aromatic N) is 1.